The van der Waals surface area contributed by atoms with Crippen LogP contribution in [0.4, 0.5) is 19.0 Å². The smallest absolute Gasteiger partial charge is 0.310 e. The summed E-state index contributed by atoms with van der Waals surface area (Å²) in [6.07, 6.45) is -3.68. The van der Waals surface area contributed by atoms with Gasteiger partial charge in [-0.2, -0.15) is 18.3 Å². The summed E-state index contributed by atoms with van der Waals surface area (Å²) in [7, 11) is 0. The van der Waals surface area contributed by atoms with E-state index in [1.54, 1.807) is 13.0 Å². The Morgan fingerprint density at radius 2 is 2.04 bits per heavy atom. The fourth-order valence-corrected chi connectivity index (χ4v) is 2.73. The maximum Gasteiger partial charge on any atom is 0.416 e. The zero-order valence-electron chi connectivity index (χ0n) is 13.0. The lowest BCUT2D eigenvalue weighted by Gasteiger charge is -2.13. The summed E-state index contributed by atoms with van der Waals surface area (Å²) in [5.41, 5.74) is -0.204. The highest BCUT2D eigenvalue weighted by Gasteiger charge is 2.39. The number of hydrogen-bond donors (Lipinski definition) is 1. The Balaban J connectivity index is 1.99. The van der Waals surface area contributed by atoms with Crippen LogP contribution in [0, 0.1) is 18.8 Å². The van der Waals surface area contributed by atoms with Gasteiger partial charge in [0.15, 0.2) is 0 Å². The Morgan fingerprint density at radius 3 is 2.62 bits per heavy atom. The van der Waals surface area contributed by atoms with Crippen molar-refractivity contribution >= 4 is 23.3 Å². The fourth-order valence-electron chi connectivity index (χ4n) is 2.53. The molecule has 0 spiro atoms. The second-order valence-corrected chi connectivity index (χ2v) is 6.46. The van der Waals surface area contributed by atoms with Crippen LogP contribution in [-0.2, 0) is 11.0 Å². The van der Waals surface area contributed by atoms with Crippen LogP contribution in [0.25, 0.3) is 5.69 Å². The van der Waals surface area contributed by atoms with Crippen molar-refractivity contribution in [3.63, 3.8) is 0 Å². The van der Waals surface area contributed by atoms with Crippen LogP contribution in [0.5, 0.6) is 0 Å². The van der Waals surface area contributed by atoms with Crippen molar-refractivity contribution in [1.29, 1.82) is 0 Å². The molecule has 1 saturated carbocycles. The van der Waals surface area contributed by atoms with Gasteiger partial charge in [-0.3, -0.25) is 4.79 Å². The van der Waals surface area contributed by atoms with Gasteiger partial charge >= 0.3 is 6.18 Å². The summed E-state index contributed by atoms with van der Waals surface area (Å²) in [6, 6.07) is 4.60. The number of nitrogens with zero attached hydrogens (tertiary/aromatic N) is 2. The van der Waals surface area contributed by atoms with Crippen LogP contribution < -0.4 is 5.32 Å². The normalized spacial score (nSPS) is 20.1. The largest absolute Gasteiger partial charge is 0.416 e. The van der Waals surface area contributed by atoms with Crippen LogP contribution in [0.1, 0.15) is 24.6 Å². The third-order valence-electron chi connectivity index (χ3n) is 4.03. The van der Waals surface area contributed by atoms with Crippen LogP contribution in [0.3, 0.4) is 0 Å². The minimum atomic E-state index is -4.49. The number of hydrogen-bond acceptors (Lipinski definition) is 2. The first-order chi connectivity index (χ1) is 11.2. The molecular weight excluding hydrogens is 343 g/mol. The van der Waals surface area contributed by atoms with E-state index in [2.05, 4.69) is 10.4 Å². The molecule has 24 heavy (non-hydrogen) atoms. The molecule has 0 radical (unpaired) electrons. The number of rotatable bonds is 3. The van der Waals surface area contributed by atoms with Gasteiger partial charge in [-0.25, -0.2) is 4.68 Å². The fraction of sp³-hybridized carbons (Fsp3) is 0.375. The van der Waals surface area contributed by atoms with E-state index in [4.69, 9.17) is 11.6 Å². The molecule has 1 aliphatic rings. The SMILES string of the molecule is Cc1cc(NC(=O)C2CC2C)n(-c2cc(C(F)(F)F)ccc2Cl)n1. The average molecular weight is 358 g/mol. The van der Waals surface area contributed by atoms with Gasteiger partial charge in [0.25, 0.3) is 0 Å². The standard InChI is InChI=1S/C16H15ClF3N3O/c1-8-5-11(8)15(24)21-14-6-9(2)22-23(14)13-7-10(16(18,19)20)3-4-12(13)17/h3-4,6-8,11H,5H2,1-2H3,(H,21,24). The lowest BCUT2D eigenvalue weighted by atomic mass is 10.2. The van der Waals surface area contributed by atoms with Crippen LogP contribution in [-0.4, -0.2) is 15.7 Å². The van der Waals surface area contributed by atoms with Gasteiger partial charge in [0.2, 0.25) is 5.91 Å². The molecule has 1 aromatic carbocycles. The van der Waals surface area contributed by atoms with Gasteiger partial charge in [0.05, 0.1) is 22.0 Å². The van der Waals surface area contributed by atoms with Gasteiger partial charge in [-0.15, -0.1) is 0 Å². The Bertz CT molecular complexity index is 800. The number of anilines is 1. The number of halogens is 4. The Kier molecular flexibility index (Phi) is 4.07. The van der Waals surface area contributed by atoms with Gasteiger partial charge in [0, 0.05) is 12.0 Å². The third kappa shape index (κ3) is 3.26. The van der Waals surface area contributed by atoms with Gasteiger partial charge in [-0.1, -0.05) is 18.5 Å². The molecule has 0 saturated heterocycles. The summed E-state index contributed by atoms with van der Waals surface area (Å²) in [5.74, 6) is 0.398. The lowest BCUT2D eigenvalue weighted by Crippen LogP contribution is -2.17. The first-order valence-electron chi connectivity index (χ1n) is 7.41. The monoisotopic (exact) mass is 357 g/mol. The van der Waals surface area contributed by atoms with E-state index < -0.39 is 11.7 Å². The van der Waals surface area contributed by atoms with Crippen LogP contribution >= 0.6 is 11.6 Å². The van der Waals surface area contributed by atoms with Gasteiger partial charge in [-0.05, 0) is 37.5 Å². The number of nitrogens with one attached hydrogen (secondary N) is 1. The summed E-state index contributed by atoms with van der Waals surface area (Å²) in [6.45, 7) is 3.66. The van der Waals surface area contributed by atoms with Crippen LogP contribution in [0.2, 0.25) is 5.02 Å². The van der Waals surface area contributed by atoms with Crippen molar-refractivity contribution in [2.75, 3.05) is 5.32 Å². The van der Waals surface area contributed by atoms with Crippen LogP contribution in [0.15, 0.2) is 24.3 Å². The summed E-state index contributed by atoms with van der Waals surface area (Å²) >= 11 is 6.06. The molecule has 1 aliphatic carbocycles. The highest BCUT2D eigenvalue weighted by molar-refractivity contribution is 6.32. The number of carbonyl (C=O) groups is 1. The first kappa shape index (κ1) is 16.8. The zero-order chi connectivity index (χ0) is 17.6. The Hall–Kier alpha value is -2.02. The predicted molar refractivity (Wildman–Crippen MR) is 84.2 cm³/mol. The van der Waals surface area contributed by atoms with E-state index in [1.807, 2.05) is 6.92 Å². The van der Waals surface area contributed by atoms with Gasteiger partial charge < -0.3 is 5.32 Å². The Labute approximate surface area is 141 Å². The second kappa shape index (κ2) is 5.81. The number of aryl methyl sites for hydroxylation is 1. The predicted octanol–water partition coefficient (Wildman–Crippen LogP) is 4.45. The quantitative estimate of drug-likeness (QED) is 0.882. The zero-order valence-corrected chi connectivity index (χ0v) is 13.7. The molecule has 1 amide bonds. The number of aromatic nitrogens is 2. The molecular formula is C16H15ClF3N3O. The molecule has 8 heteroatoms. The minimum Gasteiger partial charge on any atom is -0.310 e. The van der Waals surface area contributed by atoms with Crippen molar-refractivity contribution < 1.29 is 18.0 Å². The minimum absolute atomic E-state index is 0.0642. The maximum absolute atomic E-state index is 12.9. The molecule has 3 rings (SSSR count). The van der Waals surface area contributed by atoms with E-state index in [-0.39, 0.29) is 22.5 Å². The Morgan fingerprint density at radius 1 is 1.38 bits per heavy atom. The van der Waals surface area contributed by atoms with E-state index >= 15 is 0 Å². The first-order valence-corrected chi connectivity index (χ1v) is 7.79. The summed E-state index contributed by atoms with van der Waals surface area (Å²) in [4.78, 5) is 12.1. The summed E-state index contributed by atoms with van der Waals surface area (Å²) in [5, 5.41) is 7.01. The number of alkyl halides is 3. The average Bonchev–Trinajstić information content (AvgIpc) is 3.10. The topological polar surface area (TPSA) is 46.9 Å². The highest BCUT2D eigenvalue weighted by Crippen LogP contribution is 2.39. The molecule has 2 unspecified atom stereocenters. The van der Waals surface area contributed by atoms with E-state index in [1.165, 1.54) is 10.7 Å². The molecule has 128 valence electrons. The highest BCUT2D eigenvalue weighted by atomic mass is 35.5. The van der Waals surface area contributed by atoms with E-state index in [0.717, 1.165) is 18.6 Å². The molecule has 0 aliphatic heterocycles. The number of benzene rings is 1. The maximum atomic E-state index is 12.9. The van der Waals surface area contributed by atoms with Crippen molar-refractivity contribution in [2.45, 2.75) is 26.4 Å². The number of amides is 1. The third-order valence-corrected chi connectivity index (χ3v) is 4.35. The molecule has 2 aromatic rings. The molecule has 4 nitrogen and oxygen atoms in total. The molecule has 1 heterocycles. The van der Waals surface area contributed by atoms with Crippen molar-refractivity contribution in [3.05, 3.63) is 40.5 Å². The number of carbonyl (C=O) groups excluding carboxylic acids is 1. The second-order valence-electron chi connectivity index (χ2n) is 6.06. The molecule has 2 atom stereocenters. The molecule has 1 aromatic heterocycles. The van der Waals surface area contributed by atoms with Crippen molar-refractivity contribution in [1.82, 2.24) is 9.78 Å². The molecule has 1 N–H and O–H groups in total. The lowest BCUT2D eigenvalue weighted by molar-refractivity contribution is -0.137. The molecule has 1 fully saturated rings. The van der Waals surface area contributed by atoms with E-state index in [0.29, 0.717) is 17.4 Å². The van der Waals surface area contributed by atoms with Crippen molar-refractivity contribution in [2.24, 2.45) is 11.8 Å². The van der Waals surface area contributed by atoms with Crippen molar-refractivity contribution in [3.8, 4) is 5.69 Å². The summed E-state index contributed by atoms with van der Waals surface area (Å²) < 4.78 is 40.1. The van der Waals surface area contributed by atoms with E-state index in [9.17, 15) is 18.0 Å². The van der Waals surface area contributed by atoms with Gasteiger partial charge in [0.1, 0.15) is 5.82 Å². The molecule has 0 bridgehead atoms.